The highest BCUT2D eigenvalue weighted by molar-refractivity contribution is 5.81. The highest BCUT2D eigenvalue weighted by Crippen LogP contribution is 2.30. The summed E-state index contributed by atoms with van der Waals surface area (Å²) < 4.78 is 5.30. The first-order chi connectivity index (χ1) is 11.7. The zero-order valence-corrected chi connectivity index (χ0v) is 13.9. The summed E-state index contributed by atoms with van der Waals surface area (Å²) in [6, 6.07) is 3.81. The molecule has 0 spiro atoms. The Balaban J connectivity index is 1.42. The second-order valence-corrected chi connectivity index (χ2v) is 6.57. The van der Waals surface area contributed by atoms with Gasteiger partial charge in [-0.15, -0.1) is 0 Å². The molecule has 3 rings (SSSR count). The molecule has 0 radical (unpaired) electrons. The van der Waals surface area contributed by atoms with E-state index in [4.69, 9.17) is 4.74 Å². The standard InChI is InChI=1S/C18H25N3O3/c22-17(20-13-14-2-1-7-19-12-14)15-3-5-16(6-4-15)18(23)21-8-10-24-11-9-21/h1-2,7,12,15-16H,3-6,8-11,13H2,(H,20,22). The van der Waals surface area contributed by atoms with Crippen LogP contribution in [0, 0.1) is 11.8 Å². The zero-order chi connectivity index (χ0) is 16.8. The van der Waals surface area contributed by atoms with Crippen molar-refractivity contribution in [3.63, 3.8) is 0 Å². The molecule has 0 bridgehead atoms. The first-order valence-electron chi connectivity index (χ1n) is 8.77. The van der Waals surface area contributed by atoms with Crippen molar-refractivity contribution in [2.45, 2.75) is 32.2 Å². The van der Waals surface area contributed by atoms with Gasteiger partial charge in [0.15, 0.2) is 0 Å². The van der Waals surface area contributed by atoms with Crippen molar-refractivity contribution in [3.05, 3.63) is 30.1 Å². The molecule has 2 amide bonds. The predicted molar refractivity (Wildman–Crippen MR) is 88.9 cm³/mol. The first-order valence-corrected chi connectivity index (χ1v) is 8.77. The summed E-state index contributed by atoms with van der Waals surface area (Å²) in [6.45, 7) is 3.18. The Morgan fingerprint density at radius 1 is 1.17 bits per heavy atom. The Bertz CT molecular complexity index is 550. The first kappa shape index (κ1) is 16.9. The highest BCUT2D eigenvalue weighted by atomic mass is 16.5. The SMILES string of the molecule is O=C(NCc1cccnc1)C1CCC(C(=O)N2CCOCC2)CC1. The number of hydrogen-bond donors (Lipinski definition) is 1. The van der Waals surface area contributed by atoms with Gasteiger partial charge >= 0.3 is 0 Å². The Morgan fingerprint density at radius 2 is 1.88 bits per heavy atom. The van der Waals surface area contributed by atoms with E-state index in [0.717, 1.165) is 31.2 Å². The molecule has 1 N–H and O–H groups in total. The van der Waals surface area contributed by atoms with Crippen molar-refractivity contribution in [2.24, 2.45) is 11.8 Å². The lowest BCUT2D eigenvalue weighted by atomic mass is 9.81. The van der Waals surface area contributed by atoms with Crippen molar-refractivity contribution in [1.29, 1.82) is 0 Å². The number of carbonyl (C=O) groups is 2. The van der Waals surface area contributed by atoms with Gasteiger partial charge in [0.25, 0.3) is 0 Å². The van der Waals surface area contributed by atoms with Crippen LogP contribution in [0.2, 0.25) is 0 Å². The molecular formula is C18H25N3O3. The molecule has 1 saturated carbocycles. The van der Waals surface area contributed by atoms with Gasteiger partial charge in [-0.2, -0.15) is 0 Å². The highest BCUT2D eigenvalue weighted by Gasteiger charge is 2.32. The van der Waals surface area contributed by atoms with Crippen LogP contribution in [0.4, 0.5) is 0 Å². The third-order valence-corrected chi connectivity index (χ3v) is 4.96. The molecule has 1 aromatic rings. The fourth-order valence-corrected chi connectivity index (χ4v) is 3.48. The third-order valence-electron chi connectivity index (χ3n) is 4.96. The lowest BCUT2D eigenvalue weighted by Gasteiger charge is -2.33. The van der Waals surface area contributed by atoms with Gasteiger partial charge in [0, 0.05) is 43.9 Å². The number of amides is 2. The molecule has 6 heteroatoms. The monoisotopic (exact) mass is 331 g/mol. The molecule has 2 heterocycles. The molecule has 2 aliphatic rings. The number of carbonyl (C=O) groups excluding carboxylic acids is 2. The summed E-state index contributed by atoms with van der Waals surface area (Å²) >= 11 is 0. The zero-order valence-electron chi connectivity index (χ0n) is 13.9. The fraction of sp³-hybridized carbons (Fsp3) is 0.611. The van der Waals surface area contributed by atoms with Gasteiger partial charge in [-0.3, -0.25) is 14.6 Å². The molecule has 130 valence electrons. The van der Waals surface area contributed by atoms with Crippen LogP contribution in [0.25, 0.3) is 0 Å². The Morgan fingerprint density at radius 3 is 2.54 bits per heavy atom. The molecule has 0 atom stereocenters. The van der Waals surface area contributed by atoms with Crippen molar-refractivity contribution in [3.8, 4) is 0 Å². The molecule has 0 aromatic carbocycles. The number of rotatable bonds is 4. The van der Waals surface area contributed by atoms with Crippen LogP contribution in [0.1, 0.15) is 31.2 Å². The van der Waals surface area contributed by atoms with E-state index in [2.05, 4.69) is 10.3 Å². The van der Waals surface area contributed by atoms with Gasteiger partial charge in [-0.1, -0.05) is 6.07 Å². The van der Waals surface area contributed by atoms with E-state index in [0.29, 0.717) is 32.8 Å². The maximum Gasteiger partial charge on any atom is 0.225 e. The number of nitrogens with one attached hydrogen (secondary N) is 1. The quantitative estimate of drug-likeness (QED) is 0.904. The van der Waals surface area contributed by atoms with Gasteiger partial charge in [-0.05, 0) is 37.3 Å². The van der Waals surface area contributed by atoms with Crippen LogP contribution in [0.5, 0.6) is 0 Å². The van der Waals surface area contributed by atoms with Crippen molar-refractivity contribution >= 4 is 11.8 Å². The number of nitrogens with zero attached hydrogens (tertiary/aromatic N) is 2. The molecule has 0 unspecified atom stereocenters. The summed E-state index contributed by atoms with van der Waals surface area (Å²) in [5.74, 6) is 0.435. The summed E-state index contributed by atoms with van der Waals surface area (Å²) in [5.41, 5.74) is 1.00. The summed E-state index contributed by atoms with van der Waals surface area (Å²) in [6.07, 6.45) is 6.68. The van der Waals surface area contributed by atoms with Crippen LogP contribution in [0.15, 0.2) is 24.5 Å². The fourth-order valence-electron chi connectivity index (χ4n) is 3.48. The smallest absolute Gasteiger partial charge is 0.225 e. The van der Waals surface area contributed by atoms with E-state index < -0.39 is 0 Å². The van der Waals surface area contributed by atoms with Gasteiger partial charge in [0.05, 0.1) is 13.2 Å². The van der Waals surface area contributed by atoms with Crippen LogP contribution < -0.4 is 5.32 Å². The topological polar surface area (TPSA) is 71.5 Å². The second-order valence-electron chi connectivity index (χ2n) is 6.57. The normalized spacial score (nSPS) is 24.4. The average molecular weight is 331 g/mol. The number of hydrogen-bond acceptors (Lipinski definition) is 4. The van der Waals surface area contributed by atoms with E-state index in [-0.39, 0.29) is 23.7 Å². The van der Waals surface area contributed by atoms with Crippen molar-refractivity contribution < 1.29 is 14.3 Å². The van der Waals surface area contributed by atoms with Crippen LogP contribution in [0.3, 0.4) is 0 Å². The minimum absolute atomic E-state index is 0.0235. The van der Waals surface area contributed by atoms with Gasteiger partial charge < -0.3 is 15.0 Å². The number of pyridine rings is 1. The van der Waals surface area contributed by atoms with Crippen LogP contribution in [-0.4, -0.2) is 48.0 Å². The minimum atomic E-state index is 0.0235. The van der Waals surface area contributed by atoms with E-state index in [1.807, 2.05) is 17.0 Å². The Labute approximate surface area is 142 Å². The van der Waals surface area contributed by atoms with Gasteiger partial charge in [-0.25, -0.2) is 0 Å². The lowest BCUT2D eigenvalue weighted by Crippen LogP contribution is -2.45. The molecule has 1 aromatic heterocycles. The third kappa shape index (κ3) is 4.32. The summed E-state index contributed by atoms with van der Waals surface area (Å²) in [7, 11) is 0. The molecular weight excluding hydrogens is 306 g/mol. The second kappa shape index (κ2) is 8.24. The van der Waals surface area contributed by atoms with Gasteiger partial charge in [0.1, 0.15) is 0 Å². The maximum absolute atomic E-state index is 12.5. The molecule has 1 aliphatic heterocycles. The maximum atomic E-state index is 12.5. The largest absolute Gasteiger partial charge is 0.378 e. The van der Waals surface area contributed by atoms with E-state index in [1.165, 1.54) is 0 Å². The molecule has 1 aliphatic carbocycles. The van der Waals surface area contributed by atoms with Crippen LogP contribution >= 0.6 is 0 Å². The number of morpholine rings is 1. The van der Waals surface area contributed by atoms with E-state index in [9.17, 15) is 9.59 Å². The average Bonchev–Trinajstić information content (AvgIpc) is 2.67. The molecule has 6 nitrogen and oxygen atoms in total. The lowest BCUT2D eigenvalue weighted by molar-refractivity contribution is -0.142. The summed E-state index contributed by atoms with van der Waals surface area (Å²) in [5, 5.41) is 2.99. The molecule has 1 saturated heterocycles. The Kier molecular flexibility index (Phi) is 5.80. The summed E-state index contributed by atoms with van der Waals surface area (Å²) in [4.78, 5) is 30.8. The number of ether oxygens (including phenoxy) is 1. The molecule has 24 heavy (non-hydrogen) atoms. The van der Waals surface area contributed by atoms with Gasteiger partial charge in [0.2, 0.25) is 11.8 Å². The minimum Gasteiger partial charge on any atom is -0.378 e. The van der Waals surface area contributed by atoms with E-state index in [1.54, 1.807) is 12.4 Å². The predicted octanol–water partition coefficient (Wildman–Crippen LogP) is 1.36. The van der Waals surface area contributed by atoms with Crippen molar-refractivity contribution in [1.82, 2.24) is 15.2 Å². The van der Waals surface area contributed by atoms with Crippen LogP contribution in [-0.2, 0) is 20.9 Å². The molecule has 2 fully saturated rings. The number of aromatic nitrogens is 1. The Hall–Kier alpha value is -1.95. The van der Waals surface area contributed by atoms with E-state index >= 15 is 0 Å². The van der Waals surface area contributed by atoms with Crippen molar-refractivity contribution in [2.75, 3.05) is 26.3 Å².